The minimum Gasteiger partial charge on any atom is -0.481 e. The molecule has 10 nitrogen and oxygen atoms in total. The molecular formula is C18H26N2O8S. The van der Waals surface area contributed by atoms with Gasteiger partial charge in [0.1, 0.15) is 5.84 Å². The summed E-state index contributed by atoms with van der Waals surface area (Å²) in [6.45, 7) is 4.22. The Kier molecular flexibility index (Phi) is 10.8. The SMILES string of the molecule is Cc1ccsc1/C=C/C1=NCCCN1C.O.O=C(O)CC(O)(CC(=O)O)C(=O)O. The molecule has 0 amide bonds. The van der Waals surface area contributed by atoms with Gasteiger partial charge in [0, 0.05) is 25.0 Å². The molecule has 11 heteroatoms. The molecular weight excluding hydrogens is 404 g/mol. The van der Waals surface area contributed by atoms with Crippen molar-refractivity contribution in [3.05, 3.63) is 28.0 Å². The smallest absolute Gasteiger partial charge is 0.336 e. The number of rotatable bonds is 7. The van der Waals surface area contributed by atoms with E-state index in [9.17, 15) is 14.4 Å². The molecule has 2 rings (SSSR count). The molecule has 1 aromatic heterocycles. The lowest BCUT2D eigenvalue weighted by molar-refractivity contribution is -0.170. The van der Waals surface area contributed by atoms with E-state index in [4.69, 9.17) is 20.4 Å². The Labute approximate surface area is 171 Å². The molecule has 0 saturated heterocycles. The molecule has 0 spiro atoms. The maximum atomic E-state index is 10.3. The molecule has 0 bridgehead atoms. The number of carboxylic acids is 3. The van der Waals surface area contributed by atoms with Gasteiger partial charge in [-0.05, 0) is 42.5 Å². The maximum absolute atomic E-state index is 10.3. The number of thiophene rings is 1. The molecule has 0 unspecified atom stereocenters. The largest absolute Gasteiger partial charge is 0.481 e. The number of aliphatic carboxylic acids is 3. The summed E-state index contributed by atoms with van der Waals surface area (Å²) >= 11 is 1.78. The summed E-state index contributed by atoms with van der Waals surface area (Å²) in [4.78, 5) is 38.5. The van der Waals surface area contributed by atoms with E-state index in [0.29, 0.717) is 0 Å². The molecule has 1 aliphatic rings. The Balaban J connectivity index is 0.000000530. The molecule has 29 heavy (non-hydrogen) atoms. The monoisotopic (exact) mass is 430 g/mol. The van der Waals surface area contributed by atoms with Crippen LogP contribution in [0.3, 0.4) is 0 Å². The predicted octanol–water partition coefficient (Wildman–Crippen LogP) is 0.731. The fourth-order valence-electron chi connectivity index (χ4n) is 2.34. The number of likely N-dealkylation sites (N-methyl/N-ethyl adjacent to an activating group) is 1. The summed E-state index contributed by atoms with van der Waals surface area (Å²) in [5.74, 6) is -3.91. The number of carbonyl (C=O) groups is 3. The highest BCUT2D eigenvalue weighted by atomic mass is 32.1. The number of amidine groups is 1. The van der Waals surface area contributed by atoms with Crippen LogP contribution in [0.5, 0.6) is 0 Å². The highest BCUT2D eigenvalue weighted by Crippen LogP contribution is 2.17. The quantitative estimate of drug-likeness (QED) is 0.488. The predicted molar refractivity (Wildman–Crippen MR) is 108 cm³/mol. The van der Waals surface area contributed by atoms with Crippen LogP contribution in [0.1, 0.15) is 29.7 Å². The Morgan fingerprint density at radius 2 is 1.79 bits per heavy atom. The van der Waals surface area contributed by atoms with Crippen LogP contribution < -0.4 is 0 Å². The fraction of sp³-hybridized carbons (Fsp3) is 0.444. The van der Waals surface area contributed by atoms with Gasteiger partial charge < -0.3 is 30.8 Å². The zero-order valence-corrected chi connectivity index (χ0v) is 17.0. The van der Waals surface area contributed by atoms with Crippen LogP contribution in [0, 0.1) is 6.92 Å². The molecule has 0 aromatic carbocycles. The van der Waals surface area contributed by atoms with Crippen molar-refractivity contribution in [3.8, 4) is 0 Å². The van der Waals surface area contributed by atoms with E-state index in [1.54, 1.807) is 11.3 Å². The van der Waals surface area contributed by atoms with Gasteiger partial charge >= 0.3 is 17.9 Å². The van der Waals surface area contributed by atoms with Crippen molar-refractivity contribution in [1.29, 1.82) is 0 Å². The van der Waals surface area contributed by atoms with E-state index in [2.05, 4.69) is 47.5 Å². The van der Waals surface area contributed by atoms with Crippen LogP contribution in [0.2, 0.25) is 0 Å². The van der Waals surface area contributed by atoms with E-state index in [0.717, 1.165) is 18.9 Å². The van der Waals surface area contributed by atoms with Gasteiger partial charge in [0.05, 0.1) is 12.8 Å². The second-order valence-electron chi connectivity index (χ2n) is 6.29. The molecule has 0 fully saturated rings. The first-order chi connectivity index (χ1) is 13.0. The van der Waals surface area contributed by atoms with E-state index in [-0.39, 0.29) is 5.48 Å². The second-order valence-corrected chi connectivity index (χ2v) is 7.24. The first-order valence-corrected chi connectivity index (χ1v) is 9.30. The van der Waals surface area contributed by atoms with Crippen molar-refractivity contribution in [3.63, 3.8) is 0 Å². The van der Waals surface area contributed by atoms with Gasteiger partial charge in [-0.1, -0.05) is 0 Å². The molecule has 6 N–H and O–H groups in total. The molecule has 2 heterocycles. The van der Waals surface area contributed by atoms with Crippen LogP contribution in [-0.4, -0.2) is 80.3 Å². The molecule has 0 radical (unpaired) electrons. The molecule has 1 aliphatic heterocycles. The Bertz CT molecular complexity index is 756. The lowest BCUT2D eigenvalue weighted by Crippen LogP contribution is -2.42. The zero-order valence-electron chi connectivity index (χ0n) is 16.2. The average Bonchev–Trinajstić information content (AvgIpc) is 2.98. The average molecular weight is 430 g/mol. The van der Waals surface area contributed by atoms with Gasteiger partial charge in [-0.15, -0.1) is 11.3 Å². The van der Waals surface area contributed by atoms with E-state index in [1.165, 1.54) is 16.9 Å². The lowest BCUT2D eigenvalue weighted by atomic mass is 9.96. The van der Waals surface area contributed by atoms with Gasteiger partial charge in [-0.3, -0.25) is 14.6 Å². The number of nitrogens with zero attached hydrogens (tertiary/aromatic N) is 2. The highest BCUT2D eigenvalue weighted by Gasteiger charge is 2.40. The van der Waals surface area contributed by atoms with Gasteiger partial charge in [0.15, 0.2) is 5.60 Å². The maximum Gasteiger partial charge on any atom is 0.336 e. The topological polar surface area (TPSA) is 179 Å². The summed E-state index contributed by atoms with van der Waals surface area (Å²) in [6, 6.07) is 2.15. The number of carboxylic acid groups (broad SMARTS) is 3. The van der Waals surface area contributed by atoms with Crippen LogP contribution >= 0.6 is 11.3 Å². The normalized spacial score (nSPS) is 13.8. The van der Waals surface area contributed by atoms with E-state index in [1.807, 2.05) is 0 Å². The van der Waals surface area contributed by atoms with Crippen molar-refractivity contribution in [2.45, 2.75) is 31.8 Å². The fourth-order valence-corrected chi connectivity index (χ4v) is 3.16. The standard InChI is InChI=1S/C12H16N2S.C6H8O7.H2O/c1-10-6-9-15-11(10)4-5-12-13-7-3-8-14(12)2;7-3(8)1-6(13,5(11)12)2-4(9)10;/h4-6,9H,3,7-8H2,1-2H3;13H,1-2H2,(H,7,8)(H,9,10)(H,11,12);1H2/b5-4+;;. The van der Waals surface area contributed by atoms with Crippen LogP contribution in [-0.2, 0) is 14.4 Å². The zero-order chi connectivity index (χ0) is 21.3. The molecule has 0 aliphatic carbocycles. The number of aryl methyl sites for hydroxylation is 1. The minimum absolute atomic E-state index is 0. The van der Waals surface area contributed by atoms with Crippen molar-refractivity contribution < 1.29 is 40.3 Å². The van der Waals surface area contributed by atoms with Crippen LogP contribution in [0.25, 0.3) is 6.08 Å². The molecule has 0 saturated carbocycles. The first-order valence-electron chi connectivity index (χ1n) is 8.42. The van der Waals surface area contributed by atoms with Gasteiger partial charge in [0.2, 0.25) is 0 Å². The van der Waals surface area contributed by atoms with Gasteiger partial charge in [-0.25, -0.2) is 4.79 Å². The number of aliphatic imine (C=N–C) groups is 1. The van der Waals surface area contributed by atoms with E-state index < -0.39 is 36.4 Å². The number of hydrogen-bond acceptors (Lipinski definition) is 7. The number of hydrogen-bond donors (Lipinski definition) is 4. The second kappa shape index (κ2) is 11.9. The van der Waals surface area contributed by atoms with Crippen LogP contribution in [0.4, 0.5) is 0 Å². The summed E-state index contributed by atoms with van der Waals surface area (Å²) in [7, 11) is 2.10. The minimum atomic E-state index is -2.74. The van der Waals surface area contributed by atoms with Crippen LogP contribution in [0.15, 0.2) is 22.5 Å². The Morgan fingerprint density at radius 3 is 2.21 bits per heavy atom. The summed E-state index contributed by atoms with van der Waals surface area (Å²) < 4.78 is 0. The van der Waals surface area contributed by atoms with Gasteiger partial charge in [0.25, 0.3) is 0 Å². The number of aliphatic hydroxyl groups is 1. The summed E-state index contributed by atoms with van der Waals surface area (Å²) in [5, 5.41) is 35.9. The first kappa shape index (κ1) is 26.2. The van der Waals surface area contributed by atoms with Crippen molar-refractivity contribution in [2.75, 3.05) is 20.1 Å². The third-order valence-corrected chi connectivity index (χ3v) is 4.87. The molecule has 1 aromatic rings. The van der Waals surface area contributed by atoms with Crippen molar-refractivity contribution >= 4 is 41.2 Å². The highest BCUT2D eigenvalue weighted by molar-refractivity contribution is 7.11. The van der Waals surface area contributed by atoms with Crippen molar-refractivity contribution in [1.82, 2.24) is 4.90 Å². The third kappa shape index (κ3) is 8.85. The molecule has 162 valence electrons. The summed E-state index contributed by atoms with van der Waals surface area (Å²) in [6.07, 6.45) is 3.17. The third-order valence-electron chi connectivity index (χ3n) is 3.89. The molecule has 0 atom stereocenters. The summed E-state index contributed by atoms with van der Waals surface area (Å²) in [5.41, 5.74) is -1.40. The Morgan fingerprint density at radius 1 is 1.21 bits per heavy atom. The van der Waals surface area contributed by atoms with Crippen molar-refractivity contribution in [2.24, 2.45) is 4.99 Å². The Hall–Kier alpha value is -2.76. The van der Waals surface area contributed by atoms with E-state index >= 15 is 0 Å². The van der Waals surface area contributed by atoms with Gasteiger partial charge in [-0.2, -0.15) is 0 Å². The lowest BCUT2D eigenvalue weighted by Gasteiger charge is -2.22.